The molecule has 2 aliphatic rings. The average molecular weight is 503 g/mol. The molecule has 1 aromatic carbocycles. The van der Waals surface area contributed by atoms with Crippen LogP contribution in [-0.2, 0) is 12.5 Å². The van der Waals surface area contributed by atoms with Crippen molar-refractivity contribution in [2.45, 2.75) is 37.3 Å². The molecule has 1 aliphatic carbocycles. The summed E-state index contributed by atoms with van der Waals surface area (Å²) in [6.07, 6.45) is 3.92. The van der Waals surface area contributed by atoms with Gasteiger partial charge in [0.2, 0.25) is 5.82 Å². The first-order valence-corrected chi connectivity index (χ1v) is 12.9. The van der Waals surface area contributed by atoms with Gasteiger partial charge in [-0.1, -0.05) is 17.8 Å². The first kappa shape index (κ1) is 22.8. The molecule has 33 heavy (non-hydrogen) atoms. The molecule has 2 atom stereocenters. The molecule has 0 spiro atoms. The fourth-order valence-electron chi connectivity index (χ4n) is 5.16. The van der Waals surface area contributed by atoms with Crippen LogP contribution in [0.2, 0.25) is 0 Å². The normalized spacial score (nSPS) is 22.0. The van der Waals surface area contributed by atoms with Crippen molar-refractivity contribution in [2.75, 3.05) is 25.4 Å². The Morgan fingerprint density at radius 2 is 2.15 bits per heavy atom. The van der Waals surface area contributed by atoms with Crippen molar-refractivity contribution >= 4 is 45.7 Å². The second kappa shape index (κ2) is 8.69. The standard InChI is InChI=1S/C23H26N6OS2.ClH/c1-14-20(30-13-24-14)21-26-27-22(28(21)3)31-8-4-7-29-11-17-10-23(17,12-29)16-5-6-19-18(9-16)25-15(2)32-19;/h5-6,9,13,17H,4,7-8,10-12H2,1-3H3;1H/t17-,23?;/m1./s1. The fraction of sp³-hybridized carbons (Fsp3) is 0.478. The van der Waals surface area contributed by atoms with E-state index in [1.165, 1.54) is 41.7 Å². The highest BCUT2D eigenvalue weighted by molar-refractivity contribution is 7.99. The lowest BCUT2D eigenvalue weighted by atomic mass is 9.95. The quantitative estimate of drug-likeness (QED) is 0.263. The number of hydrogen-bond donors (Lipinski definition) is 0. The van der Waals surface area contributed by atoms with Crippen LogP contribution in [0.3, 0.4) is 0 Å². The smallest absolute Gasteiger partial charge is 0.202 e. The summed E-state index contributed by atoms with van der Waals surface area (Å²) in [7, 11) is 1.98. The van der Waals surface area contributed by atoms with Crippen LogP contribution >= 0.6 is 35.5 Å². The van der Waals surface area contributed by atoms with Gasteiger partial charge in [0.25, 0.3) is 0 Å². The number of likely N-dealkylation sites (tertiary alicyclic amines) is 1. The lowest BCUT2D eigenvalue weighted by molar-refractivity contribution is 0.299. The fourth-order valence-corrected chi connectivity index (χ4v) is 6.81. The molecule has 2 fully saturated rings. The number of aryl methyl sites for hydroxylation is 2. The van der Waals surface area contributed by atoms with Gasteiger partial charge in [-0.15, -0.1) is 33.9 Å². The first-order chi connectivity index (χ1) is 15.5. The lowest BCUT2D eigenvalue weighted by Crippen LogP contribution is -2.27. The van der Waals surface area contributed by atoms with Crippen LogP contribution in [0.4, 0.5) is 0 Å². The molecule has 174 valence electrons. The van der Waals surface area contributed by atoms with E-state index >= 15 is 0 Å². The molecule has 1 saturated carbocycles. The van der Waals surface area contributed by atoms with Gasteiger partial charge in [-0.3, -0.25) is 0 Å². The molecular formula is C23H27ClN6OS2. The molecule has 1 aliphatic heterocycles. The monoisotopic (exact) mass is 502 g/mol. The van der Waals surface area contributed by atoms with Crippen LogP contribution in [0.5, 0.6) is 0 Å². The predicted octanol–water partition coefficient (Wildman–Crippen LogP) is 4.87. The topological polar surface area (TPSA) is 72.9 Å². The van der Waals surface area contributed by atoms with Crippen molar-refractivity contribution in [1.82, 2.24) is 29.6 Å². The van der Waals surface area contributed by atoms with Crippen molar-refractivity contribution in [3.8, 4) is 11.6 Å². The summed E-state index contributed by atoms with van der Waals surface area (Å²) in [5.41, 5.74) is 3.87. The van der Waals surface area contributed by atoms with E-state index in [1.54, 1.807) is 23.1 Å². The van der Waals surface area contributed by atoms with Gasteiger partial charge in [-0.25, -0.2) is 9.97 Å². The summed E-state index contributed by atoms with van der Waals surface area (Å²) in [6, 6.07) is 6.97. The first-order valence-electron chi connectivity index (χ1n) is 11.1. The van der Waals surface area contributed by atoms with E-state index in [9.17, 15) is 0 Å². The van der Waals surface area contributed by atoms with Crippen LogP contribution in [0.15, 0.2) is 34.2 Å². The van der Waals surface area contributed by atoms with Crippen LogP contribution < -0.4 is 0 Å². The summed E-state index contributed by atoms with van der Waals surface area (Å²) < 4.78 is 8.77. The number of rotatable bonds is 7. The molecule has 0 radical (unpaired) electrons. The van der Waals surface area contributed by atoms with Crippen LogP contribution in [0, 0.1) is 19.8 Å². The van der Waals surface area contributed by atoms with E-state index in [0.717, 1.165) is 46.3 Å². The maximum absolute atomic E-state index is 5.47. The molecule has 0 bridgehead atoms. The van der Waals surface area contributed by atoms with Crippen molar-refractivity contribution < 1.29 is 4.42 Å². The Labute approximate surface area is 207 Å². The van der Waals surface area contributed by atoms with E-state index in [-0.39, 0.29) is 12.4 Å². The second-order valence-corrected chi connectivity index (χ2v) is 11.3. The van der Waals surface area contributed by atoms with Crippen LogP contribution in [0.25, 0.3) is 21.8 Å². The molecule has 0 amide bonds. The molecule has 4 aromatic rings. The van der Waals surface area contributed by atoms with Crippen molar-refractivity contribution in [3.63, 3.8) is 0 Å². The summed E-state index contributed by atoms with van der Waals surface area (Å²) in [4.78, 5) is 11.5. The van der Waals surface area contributed by atoms with Gasteiger partial charge in [0.05, 0.1) is 20.9 Å². The number of piperidine rings is 1. The number of aromatic nitrogens is 5. The number of benzene rings is 1. The van der Waals surface area contributed by atoms with E-state index in [2.05, 4.69) is 45.2 Å². The van der Waals surface area contributed by atoms with Gasteiger partial charge in [0, 0.05) is 31.3 Å². The maximum atomic E-state index is 5.47. The summed E-state index contributed by atoms with van der Waals surface area (Å²) in [5.74, 6) is 3.26. The number of thioether (sulfide) groups is 1. The zero-order valence-corrected chi connectivity index (χ0v) is 21.4. The lowest BCUT2D eigenvalue weighted by Gasteiger charge is -2.21. The molecule has 0 N–H and O–H groups in total. The number of halogens is 1. The highest BCUT2D eigenvalue weighted by Crippen LogP contribution is 2.59. The predicted molar refractivity (Wildman–Crippen MR) is 134 cm³/mol. The summed E-state index contributed by atoms with van der Waals surface area (Å²) in [5, 5.41) is 10.7. The highest BCUT2D eigenvalue weighted by Gasteiger charge is 2.60. The molecule has 3 aromatic heterocycles. The highest BCUT2D eigenvalue weighted by atomic mass is 35.5. The third kappa shape index (κ3) is 3.99. The molecule has 1 saturated heterocycles. The number of thiazole rings is 1. The number of hydrogen-bond acceptors (Lipinski definition) is 8. The van der Waals surface area contributed by atoms with Crippen molar-refractivity contribution in [3.05, 3.63) is 40.9 Å². The van der Waals surface area contributed by atoms with Gasteiger partial charge in [-0.05, 0) is 56.8 Å². The molecule has 6 rings (SSSR count). The summed E-state index contributed by atoms with van der Waals surface area (Å²) >= 11 is 3.55. The minimum absolute atomic E-state index is 0. The van der Waals surface area contributed by atoms with Crippen LogP contribution in [-0.4, -0.2) is 55.0 Å². The van der Waals surface area contributed by atoms with Gasteiger partial charge in [0.15, 0.2) is 17.3 Å². The van der Waals surface area contributed by atoms with E-state index in [4.69, 9.17) is 9.40 Å². The van der Waals surface area contributed by atoms with Crippen LogP contribution in [0.1, 0.15) is 29.1 Å². The molecular weight excluding hydrogens is 476 g/mol. The Morgan fingerprint density at radius 3 is 2.97 bits per heavy atom. The Kier molecular flexibility index (Phi) is 6.01. The van der Waals surface area contributed by atoms with Gasteiger partial charge in [0.1, 0.15) is 0 Å². The van der Waals surface area contributed by atoms with E-state index < -0.39 is 0 Å². The largest absolute Gasteiger partial charge is 0.440 e. The average Bonchev–Trinajstić information content (AvgIpc) is 3.20. The second-order valence-electron chi connectivity index (χ2n) is 9.04. The zero-order chi connectivity index (χ0) is 21.9. The Bertz CT molecular complexity index is 1300. The Hall–Kier alpha value is -1.94. The Morgan fingerprint density at radius 1 is 1.27 bits per heavy atom. The third-order valence-corrected chi connectivity index (χ3v) is 8.98. The minimum Gasteiger partial charge on any atom is -0.440 e. The molecule has 4 heterocycles. The number of nitrogens with zero attached hydrogens (tertiary/aromatic N) is 6. The SMILES string of the molecule is Cc1nc2cc(C34C[C@@H]3CN(CCCSc3nnc(-c5ocnc5C)n3C)C4)ccc2s1.Cl. The van der Waals surface area contributed by atoms with Crippen molar-refractivity contribution in [1.29, 1.82) is 0 Å². The summed E-state index contributed by atoms with van der Waals surface area (Å²) in [6.45, 7) is 7.54. The van der Waals surface area contributed by atoms with Crippen molar-refractivity contribution in [2.24, 2.45) is 13.0 Å². The van der Waals surface area contributed by atoms with E-state index in [0.29, 0.717) is 11.2 Å². The number of fused-ring (bicyclic) bond motifs is 2. The maximum Gasteiger partial charge on any atom is 0.202 e. The Balaban J connectivity index is 0.00000228. The molecule has 1 unspecified atom stereocenters. The number of oxazole rings is 1. The van der Waals surface area contributed by atoms with Gasteiger partial charge in [-0.2, -0.15) is 0 Å². The molecule has 7 nitrogen and oxygen atoms in total. The van der Waals surface area contributed by atoms with E-state index in [1.807, 2.05) is 18.5 Å². The third-order valence-electron chi connectivity index (χ3n) is 6.92. The van der Waals surface area contributed by atoms with Gasteiger partial charge < -0.3 is 13.9 Å². The zero-order valence-electron chi connectivity index (χ0n) is 18.9. The minimum atomic E-state index is 0. The van der Waals surface area contributed by atoms with Gasteiger partial charge >= 0.3 is 0 Å². The molecule has 10 heteroatoms.